The van der Waals surface area contributed by atoms with Crippen LogP contribution < -0.4 is 0 Å². The van der Waals surface area contributed by atoms with E-state index in [1.165, 1.54) is 5.01 Å². The van der Waals surface area contributed by atoms with Gasteiger partial charge in [0.1, 0.15) is 5.01 Å². The molecule has 2 aliphatic heterocycles. The molecule has 1 unspecified atom stereocenters. The van der Waals surface area contributed by atoms with Crippen LogP contribution in [0.15, 0.2) is 17.0 Å². The molecule has 7 nitrogen and oxygen atoms in total. The standard InChI is InChI=1S/C16H20N4OS2.C2HF3O2/c1-12-18-13(9-23-12)7-20-11-16(6-15(20)21)2-4-19(10-16)8-14-17-3-5-22-14;3-2(4,5)1(6)7/h3,5,9H,2,4,6-8,10-11H2,1H3;(H,6,7). The van der Waals surface area contributed by atoms with Crippen molar-refractivity contribution in [1.29, 1.82) is 0 Å². The minimum atomic E-state index is -5.08. The van der Waals surface area contributed by atoms with Gasteiger partial charge in [-0.2, -0.15) is 13.2 Å². The molecule has 0 saturated carbocycles. The topological polar surface area (TPSA) is 86.6 Å². The van der Waals surface area contributed by atoms with Gasteiger partial charge >= 0.3 is 12.1 Å². The summed E-state index contributed by atoms with van der Waals surface area (Å²) in [6.45, 7) is 6.53. The van der Waals surface area contributed by atoms with Crippen LogP contribution >= 0.6 is 22.7 Å². The van der Waals surface area contributed by atoms with Crippen LogP contribution in [0, 0.1) is 12.3 Å². The van der Waals surface area contributed by atoms with Crippen molar-refractivity contribution in [1.82, 2.24) is 19.8 Å². The number of rotatable bonds is 4. The predicted molar refractivity (Wildman–Crippen MR) is 105 cm³/mol. The van der Waals surface area contributed by atoms with E-state index >= 15 is 0 Å². The number of carbonyl (C=O) groups excluding carboxylic acids is 1. The highest BCUT2D eigenvalue weighted by Gasteiger charge is 2.47. The second-order valence-corrected chi connectivity index (χ2v) is 9.52. The molecule has 2 saturated heterocycles. The largest absolute Gasteiger partial charge is 0.490 e. The van der Waals surface area contributed by atoms with Gasteiger partial charge in [-0.05, 0) is 19.9 Å². The highest BCUT2D eigenvalue weighted by molar-refractivity contribution is 7.09. The van der Waals surface area contributed by atoms with Crippen molar-refractivity contribution in [3.63, 3.8) is 0 Å². The summed E-state index contributed by atoms with van der Waals surface area (Å²) in [6, 6.07) is 0. The molecule has 0 bridgehead atoms. The van der Waals surface area contributed by atoms with Crippen LogP contribution in [0.3, 0.4) is 0 Å². The molecule has 1 N–H and O–H groups in total. The molecule has 30 heavy (non-hydrogen) atoms. The zero-order valence-electron chi connectivity index (χ0n) is 16.2. The molecule has 164 valence electrons. The van der Waals surface area contributed by atoms with Crippen LogP contribution in [-0.4, -0.2) is 62.6 Å². The molecule has 1 amide bonds. The summed E-state index contributed by atoms with van der Waals surface area (Å²) in [5.41, 5.74) is 1.16. The van der Waals surface area contributed by atoms with Crippen molar-refractivity contribution >= 4 is 34.6 Å². The molecule has 0 aliphatic carbocycles. The summed E-state index contributed by atoms with van der Waals surface area (Å²) < 4.78 is 31.7. The molecule has 4 heterocycles. The Morgan fingerprint density at radius 1 is 1.30 bits per heavy atom. The lowest BCUT2D eigenvalue weighted by Crippen LogP contribution is -2.31. The minimum Gasteiger partial charge on any atom is -0.475 e. The number of aryl methyl sites for hydroxylation is 1. The lowest BCUT2D eigenvalue weighted by Gasteiger charge is -2.23. The number of carboxylic acid groups (broad SMARTS) is 1. The first kappa shape index (κ1) is 22.6. The summed E-state index contributed by atoms with van der Waals surface area (Å²) in [7, 11) is 0. The van der Waals surface area contributed by atoms with E-state index in [4.69, 9.17) is 9.90 Å². The van der Waals surface area contributed by atoms with Crippen LogP contribution in [0.2, 0.25) is 0 Å². The van der Waals surface area contributed by atoms with E-state index < -0.39 is 12.1 Å². The van der Waals surface area contributed by atoms with Gasteiger partial charge in [-0.15, -0.1) is 22.7 Å². The normalized spacial score (nSPS) is 21.9. The van der Waals surface area contributed by atoms with Crippen LogP contribution in [0.5, 0.6) is 0 Å². The Morgan fingerprint density at radius 3 is 2.60 bits per heavy atom. The molecule has 2 aromatic heterocycles. The molecular weight excluding hydrogens is 441 g/mol. The van der Waals surface area contributed by atoms with E-state index in [0.717, 1.165) is 43.3 Å². The van der Waals surface area contributed by atoms with E-state index in [1.807, 2.05) is 23.4 Å². The van der Waals surface area contributed by atoms with Crippen LogP contribution in [0.25, 0.3) is 0 Å². The number of alkyl halides is 3. The van der Waals surface area contributed by atoms with Crippen molar-refractivity contribution in [3.05, 3.63) is 32.7 Å². The second-order valence-electron chi connectivity index (χ2n) is 7.47. The number of hydrogen-bond donors (Lipinski definition) is 1. The van der Waals surface area contributed by atoms with Crippen molar-refractivity contribution in [3.8, 4) is 0 Å². The third-order valence-corrected chi connectivity index (χ3v) is 6.61. The third kappa shape index (κ3) is 5.76. The highest BCUT2D eigenvalue weighted by Crippen LogP contribution is 2.41. The van der Waals surface area contributed by atoms with Crippen LogP contribution in [0.4, 0.5) is 13.2 Å². The van der Waals surface area contributed by atoms with Crippen molar-refractivity contribution in [2.24, 2.45) is 5.41 Å². The lowest BCUT2D eigenvalue weighted by atomic mass is 9.86. The van der Waals surface area contributed by atoms with E-state index in [2.05, 4.69) is 20.2 Å². The number of nitrogens with zero attached hydrogens (tertiary/aromatic N) is 4. The minimum absolute atomic E-state index is 0.138. The molecular formula is C18H21F3N4O3S2. The number of aliphatic carboxylic acids is 1. The summed E-state index contributed by atoms with van der Waals surface area (Å²) in [5.74, 6) is -2.47. The number of carbonyl (C=O) groups is 2. The number of amides is 1. The Hall–Kier alpha value is -2.05. The average Bonchev–Trinajstić information content (AvgIpc) is 3.41. The Bertz CT molecular complexity index is 888. The monoisotopic (exact) mass is 462 g/mol. The molecule has 1 atom stereocenters. The van der Waals surface area contributed by atoms with E-state index in [9.17, 15) is 18.0 Å². The number of halogens is 3. The molecule has 0 radical (unpaired) electrons. The average molecular weight is 463 g/mol. The fraction of sp³-hybridized carbons (Fsp3) is 0.556. The number of hydrogen-bond acceptors (Lipinski definition) is 7. The molecule has 2 aliphatic rings. The van der Waals surface area contributed by atoms with Gasteiger partial charge in [-0.25, -0.2) is 14.8 Å². The first-order chi connectivity index (χ1) is 14.1. The Kier molecular flexibility index (Phi) is 6.78. The summed E-state index contributed by atoms with van der Waals surface area (Å²) in [5, 5.41) is 13.5. The van der Waals surface area contributed by atoms with Gasteiger partial charge in [0, 0.05) is 41.9 Å². The van der Waals surface area contributed by atoms with E-state index in [-0.39, 0.29) is 11.3 Å². The maximum atomic E-state index is 12.4. The van der Waals surface area contributed by atoms with Gasteiger partial charge in [0.2, 0.25) is 5.91 Å². The predicted octanol–water partition coefficient (Wildman–Crippen LogP) is 3.17. The highest BCUT2D eigenvalue weighted by atomic mass is 32.1. The zero-order chi connectivity index (χ0) is 21.9. The van der Waals surface area contributed by atoms with Crippen molar-refractivity contribution in [2.45, 2.75) is 39.0 Å². The smallest absolute Gasteiger partial charge is 0.475 e. The number of aromatic nitrogens is 2. The molecule has 2 aromatic rings. The lowest BCUT2D eigenvalue weighted by molar-refractivity contribution is -0.192. The Morgan fingerprint density at radius 2 is 2.03 bits per heavy atom. The summed E-state index contributed by atoms with van der Waals surface area (Å²) >= 11 is 3.36. The summed E-state index contributed by atoms with van der Waals surface area (Å²) in [6.07, 6.45) is -1.43. The first-order valence-electron chi connectivity index (χ1n) is 9.16. The summed E-state index contributed by atoms with van der Waals surface area (Å²) in [4.78, 5) is 34.7. The van der Waals surface area contributed by atoms with Gasteiger partial charge in [0.25, 0.3) is 0 Å². The molecule has 2 fully saturated rings. The van der Waals surface area contributed by atoms with Gasteiger partial charge in [-0.1, -0.05) is 0 Å². The SMILES string of the molecule is Cc1nc(CN2CC3(CCN(Cc4nccs4)C3)CC2=O)cs1.O=C(O)C(F)(F)F. The van der Waals surface area contributed by atoms with Gasteiger partial charge in [0.05, 0.1) is 23.8 Å². The third-order valence-electron chi connectivity index (χ3n) is 5.03. The quantitative estimate of drug-likeness (QED) is 0.751. The van der Waals surface area contributed by atoms with Gasteiger partial charge < -0.3 is 10.0 Å². The number of carboxylic acids is 1. The number of likely N-dealkylation sites (tertiary alicyclic amines) is 2. The van der Waals surface area contributed by atoms with E-state index in [1.54, 1.807) is 22.7 Å². The molecule has 12 heteroatoms. The maximum Gasteiger partial charge on any atom is 0.490 e. The fourth-order valence-electron chi connectivity index (χ4n) is 3.76. The second kappa shape index (κ2) is 8.98. The molecule has 0 aromatic carbocycles. The first-order valence-corrected chi connectivity index (χ1v) is 10.9. The van der Waals surface area contributed by atoms with Gasteiger partial charge in [0.15, 0.2) is 0 Å². The maximum absolute atomic E-state index is 12.4. The van der Waals surface area contributed by atoms with Gasteiger partial charge in [-0.3, -0.25) is 9.69 Å². The van der Waals surface area contributed by atoms with E-state index in [0.29, 0.717) is 13.0 Å². The van der Waals surface area contributed by atoms with Crippen molar-refractivity contribution in [2.75, 3.05) is 19.6 Å². The number of thiazole rings is 2. The van der Waals surface area contributed by atoms with Crippen molar-refractivity contribution < 1.29 is 27.9 Å². The molecule has 4 rings (SSSR count). The Labute approximate surface area is 179 Å². The zero-order valence-corrected chi connectivity index (χ0v) is 17.8. The molecule has 1 spiro atoms. The van der Waals surface area contributed by atoms with Crippen LogP contribution in [-0.2, 0) is 22.7 Å². The van der Waals surface area contributed by atoms with Crippen LogP contribution in [0.1, 0.15) is 28.6 Å². The Balaban J connectivity index is 0.000000318. The fourth-order valence-corrected chi connectivity index (χ4v) is 5.02.